The first-order chi connectivity index (χ1) is 8.11. The molecule has 1 atom stereocenters. The third kappa shape index (κ3) is 2.40. The fraction of sp³-hybridized carbons (Fsp3) is 0.600. The van der Waals surface area contributed by atoms with Crippen LogP contribution in [-0.4, -0.2) is 58.1 Å². The van der Waals surface area contributed by atoms with Crippen molar-refractivity contribution in [1.29, 1.82) is 0 Å². The number of rotatable bonds is 2. The molecule has 0 saturated carbocycles. The molecule has 0 bridgehead atoms. The summed E-state index contributed by atoms with van der Waals surface area (Å²) in [7, 11) is 1.71. The van der Waals surface area contributed by atoms with E-state index in [0.717, 1.165) is 0 Å². The zero-order valence-electron chi connectivity index (χ0n) is 9.67. The molecule has 1 aliphatic rings. The van der Waals surface area contributed by atoms with Crippen molar-refractivity contribution in [3.8, 4) is 0 Å². The van der Waals surface area contributed by atoms with Crippen molar-refractivity contribution in [3.05, 3.63) is 11.9 Å². The highest BCUT2D eigenvalue weighted by molar-refractivity contribution is 5.97. The minimum Gasteiger partial charge on any atom is -0.396 e. The zero-order valence-corrected chi connectivity index (χ0v) is 9.67. The number of nitrogens with zero attached hydrogens (tertiary/aromatic N) is 3. The Labute approximate surface area is 98.8 Å². The number of carbonyl (C=O) groups excluding carboxylic acids is 1. The number of aliphatic hydroxyl groups is 1. The molecule has 7 nitrogen and oxygen atoms in total. The van der Waals surface area contributed by atoms with Crippen molar-refractivity contribution in [2.24, 2.45) is 7.05 Å². The topological polar surface area (TPSA) is 93.6 Å². The van der Waals surface area contributed by atoms with Crippen molar-refractivity contribution >= 4 is 11.6 Å². The van der Waals surface area contributed by atoms with Gasteiger partial charge in [-0.25, -0.2) is 0 Å². The third-order valence-corrected chi connectivity index (χ3v) is 2.69. The maximum Gasteiger partial charge on any atom is 0.276 e. The summed E-state index contributed by atoms with van der Waals surface area (Å²) in [6.07, 6.45) is 1.27. The van der Waals surface area contributed by atoms with E-state index in [1.165, 1.54) is 4.68 Å². The van der Waals surface area contributed by atoms with E-state index in [-0.39, 0.29) is 24.3 Å². The number of nitrogen functional groups attached to an aromatic ring is 1. The van der Waals surface area contributed by atoms with E-state index in [1.807, 2.05) is 0 Å². The minimum atomic E-state index is -0.322. The first kappa shape index (κ1) is 11.9. The van der Waals surface area contributed by atoms with Crippen LogP contribution in [0.15, 0.2) is 6.20 Å². The van der Waals surface area contributed by atoms with Crippen LogP contribution in [0.2, 0.25) is 0 Å². The number of ether oxygens (including phenoxy) is 1. The van der Waals surface area contributed by atoms with E-state index in [9.17, 15) is 4.79 Å². The molecule has 3 N–H and O–H groups in total. The van der Waals surface area contributed by atoms with Crippen LogP contribution in [0.4, 0.5) is 5.69 Å². The molecule has 1 saturated heterocycles. The Hall–Kier alpha value is -1.60. The summed E-state index contributed by atoms with van der Waals surface area (Å²) in [5.74, 6) is -0.218. The lowest BCUT2D eigenvalue weighted by Crippen LogP contribution is -2.47. The summed E-state index contributed by atoms with van der Waals surface area (Å²) in [5, 5.41) is 13.0. The number of anilines is 1. The van der Waals surface area contributed by atoms with Crippen LogP contribution in [0.3, 0.4) is 0 Å². The average Bonchev–Trinajstić information content (AvgIpc) is 2.67. The molecule has 1 aromatic rings. The summed E-state index contributed by atoms with van der Waals surface area (Å²) in [6.45, 7) is 1.18. The monoisotopic (exact) mass is 240 g/mol. The number of aryl methyl sites for hydroxylation is 1. The predicted octanol–water partition coefficient (Wildman–Crippen LogP) is -1.16. The number of aliphatic hydroxyl groups excluding tert-OH is 1. The Kier molecular flexibility index (Phi) is 3.30. The maximum absolute atomic E-state index is 12.1. The molecule has 0 spiro atoms. The maximum atomic E-state index is 12.1. The summed E-state index contributed by atoms with van der Waals surface area (Å²) < 4.78 is 6.78. The summed E-state index contributed by atoms with van der Waals surface area (Å²) >= 11 is 0. The van der Waals surface area contributed by atoms with E-state index in [4.69, 9.17) is 15.6 Å². The van der Waals surface area contributed by atoms with Gasteiger partial charge in [-0.15, -0.1) is 0 Å². The van der Waals surface area contributed by atoms with Gasteiger partial charge in [0.15, 0.2) is 5.69 Å². The Bertz CT molecular complexity index is 418. The van der Waals surface area contributed by atoms with Crippen LogP contribution in [0.1, 0.15) is 10.5 Å². The third-order valence-electron chi connectivity index (χ3n) is 2.69. The molecule has 1 aliphatic heterocycles. The number of aromatic nitrogens is 2. The van der Waals surface area contributed by atoms with Gasteiger partial charge < -0.3 is 20.5 Å². The van der Waals surface area contributed by atoms with Gasteiger partial charge in [-0.1, -0.05) is 0 Å². The van der Waals surface area contributed by atoms with Gasteiger partial charge in [-0.05, 0) is 0 Å². The largest absolute Gasteiger partial charge is 0.396 e. The second-order valence-corrected chi connectivity index (χ2v) is 4.03. The van der Waals surface area contributed by atoms with Crippen molar-refractivity contribution in [1.82, 2.24) is 14.7 Å². The molecular formula is C10H16N4O3. The molecule has 94 valence electrons. The van der Waals surface area contributed by atoms with Crippen LogP contribution >= 0.6 is 0 Å². The van der Waals surface area contributed by atoms with Gasteiger partial charge >= 0.3 is 0 Å². The highest BCUT2D eigenvalue weighted by Gasteiger charge is 2.27. The smallest absolute Gasteiger partial charge is 0.276 e. The molecule has 1 amide bonds. The number of nitrogens with two attached hydrogens (primary N) is 1. The summed E-state index contributed by atoms with van der Waals surface area (Å²) in [6, 6.07) is 0. The normalized spacial score (nSPS) is 20.6. The highest BCUT2D eigenvalue weighted by atomic mass is 16.5. The molecule has 2 heterocycles. The second-order valence-electron chi connectivity index (χ2n) is 4.03. The quantitative estimate of drug-likeness (QED) is 0.679. The van der Waals surface area contributed by atoms with E-state index in [0.29, 0.717) is 25.4 Å². The number of amides is 1. The molecule has 7 heteroatoms. The Balaban J connectivity index is 2.12. The van der Waals surface area contributed by atoms with Crippen LogP contribution in [0.25, 0.3) is 0 Å². The number of hydrogen-bond donors (Lipinski definition) is 2. The van der Waals surface area contributed by atoms with Crippen molar-refractivity contribution in [2.75, 3.05) is 32.0 Å². The molecule has 0 aromatic carbocycles. The Morgan fingerprint density at radius 1 is 1.76 bits per heavy atom. The van der Waals surface area contributed by atoms with Crippen LogP contribution in [-0.2, 0) is 11.8 Å². The zero-order chi connectivity index (χ0) is 12.4. The molecule has 1 unspecified atom stereocenters. The average molecular weight is 240 g/mol. The summed E-state index contributed by atoms with van der Waals surface area (Å²) in [4.78, 5) is 13.7. The molecule has 17 heavy (non-hydrogen) atoms. The second kappa shape index (κ2) is 4.72. The summed E-state index contributed by atoms with van der Waals surface area (Å²) in [5.41, 5.74) is 6.33. The van der Waals surface area contributed by atoms with E-state index in [1.54, 1.807) is 18.1 Å². The number of hydrogen-bond acceptors (Lipinski definition) is 5. The Morgan fingerprint density at radius 2 is 2.53 bits per heavy atom. The SMILES string of the molecule is Cn1cc(N)c(C(=O)N2CCOC(CO)C2)n1. The highest BCUT2D eigenvalue weighted by Crippen LogP contribution is 2.14. The Morgan fingerprint density at radius 3 is 3.12 bits per heavy atom. The van der Waals surface area contributed by atoms with Gasteiger partial charge in [0.2, 0.25) is 0 Å². The fourth-order valence-electron chi connectivity index (χ4n) is 1.84. The van der Waals surface area contributed by atoms with E-state index in [2.05, 4.69) is 5.10 Å². The lowest BCUT2D eigenvalue weighted by atomic mass is 10.2. The predicted molar refractivity (Wildman–Crippen MR) is 60.3 cm³/mol. The van der Waals surface area contributed by atoms with Gasteiger partial charge in [0, 0.05) is 26.3 Å². The standard InChI is InChI=1S/C10H16N4O3/c1-13-5-8(11)9(12-13)10(16)14-2-3-17-7(4-14)6-15/h5,7,15H,2-4,6,11H2,1H3. The van der Waals surface area contributed by atoms with Gasteiger partial charge in [0.25, 0.3) is 5.91 Å². The first-order valence-corrected chi connectivity index (χ1v) is 5.42. The number of carbonyl (C=O) groups is 1. The minimum absolute atomic E-state index is 0.0958. The molecule has 1 aromatic heterocycles. The molecule has 0 aliphatic carbocycles. The van der Waals surface area contributed by atoms with Crippen LogP contribution < -0.4 is 5.73 Å². The van der Waals surface area contributed by atoms with Crippen LogP contribution in [0.5, 0.6) is 0 Å². The van der Waals surface area contributed by atoms with Gasteiger partial charge in [-0.3, -0.25) is 9.48 Å². The van der Waals surface area contributed by atoms with E-state index >= 15 is 0 Å². The lowest BCUT2D eigenvalue weighted by Gasteiger charge is -2.31. The van der Waals surface area contributed by atoms with E-state index < -0.39 is 0 Å². The lowest BCUT2D eigenvalue weighted by molar-refractivity contribution is -0.0448. The van der Waals surface area contributed by atoms with Crippen molar-refractivity contribution < 1.29 is 14.6 Å². The van der Waals surface area contributed by atoms with Crippen molar-refractivity contribution in [3.63, 3.8) is 0 Å². The first-order valence-electron chi connectivity index (χ1n) is 5.42. The van der Waals surface area contributed by atoms with Crippen molar-refractivity contribution in [2.45, 2.75) is 6.10 Å². The van der Waals surface area contributed by atoms with Gasteiger partial charge in [0.05, 0.1) is 25.0 Å². The van der Waals surface area contributed by atoms with Gasteiger partial charge in [0.1, 0.15) is 0 Å². The molecule has 0 radical (unpaired) electrons. The number of morpholine rings is 1. The van der Waals surface area contributed by atoms with Crippen LogP contribution in [0, 0.1) is 0 Å². The fourth-order valence-corrected chi connectivity index (χ4v) is 1.84. The molecular weight excluding hydrogens is 224 g/mol. The molecule has 1 fully saturated rings. The molecule has 2 rings (SSSR count). The van der Waals surface area contributed by atoms with Gasteiger partial charge in [-0.2, -0.15) is 5.10 Å².